The van der Waals surface area contributed by atoms with Gasteiger partial charge in [0.15, 0.2) is 5.78 Å². The normalized spacial score (nSPS) is 25.3. The summed E-state index contributed by atoms with van der Waals surface area (Å²) in [6.45, 7) is 0.709. The number of ketones is 1. The van der Waals surface area contributed by atoms with Gasteiger partial charge in [-0.3, -0.25) is 4.79 Å². The number of rotatable bonds is 1. The molecule has 2 aromatic rings. The molecule has 22 heavy (non-hydrogen) atoms. The van der Waals surface area contributed by atoms with Gasteiger partial charge >= 0.3 is 0 Å². The first-order chi connectivity index (χ1) is 10.8. The molecule has 1 heterocycles. The van der Waals surface area contributed by atoms with E-state index in [1.165, 1.54) is 0 Å². The Kier molecular flexibility index (Phi) is 3.30. The smallest absolute Gasteiger partial charge is 0.159 e. The highest BCUT2D eigenvalue weighted by Crippen LogP contribution is 2.47. The third kappa shape index (κ3) is 2.25. The third-order valence-electron chi connectivity index (χ3n) is 4.70. The van der Waals surface area contributed by atoms with E-state index >= 15 is 0 Å². The molecule has 110 valence electrons. The summed E-state index contributed by atoms with van der Waals surface area (Å²) in [5.74, 6) is 1.79. The molecule has 2 aromatic carbocycles. The molecule has 0 unspecified atom stereocenters. The van der Waals surface area contributed by atoms with Crippen molar-refractivity contribution in [1.82, 2.24) is 0 Å². The molecule has 1 saturated carbocycles. The van der Waals surface area contributed by atoms with Gasteiger partial charge in [0.1, 0.15) is 5.75 Å². The van der Waals surface area contributed by atoms with E-state index in [9.17, 15) is 4.79 Å². The molecule has 4 rings (SSSR count). The van der Waals surface area contributed by atoms with Gasteiger partial charge in [-0.1, -0.05) is 48.5 Å². The number of carbonyl (C=O) groups is 1. The van der Waals surface area contributed by atoms with Crippen LogP contribution in [0.4, 0.5) is 0 Å². The van der Waals surface area contributed by atoms with Gasteiger partial charge in [-0.15, -0.1) is 0 Å². The number of hydrogen-bond acceptors (Lipinski definition) is 2. The molecule has 0 amide bonds. The largest absolute Gasteiger partial charge is 0.493 e. The predicted molar refractivity (Wildman–Crippen MR) is 86.8 cm³/mol. The Morgan fingerprint density at radius 3 is 2.64 bits per heavy atom. The van der Waals surface area contributed by atoms with Crippen LogP contribution in [0.2, 0.25) is 0 Å². The quantitative estimate of drug-likeness (QED) is 0.735. The average molecular weight is 290 g/mol. The molecule has 0 aromatic heterocycles. The minimum absolute atomic E-state index is 0.173. The second kappa shape index (κ2) is 5.45. The highest BCUT2D eigenvalue weighted by atomic mass is 16.5. The fourth-order valence-corrected chi connectivity index (χ4v) is 3.62. The van der Waals surface area contributed by atoms with Crippen LogP contribution in [-0.2, 0) is 4.79 Å². The van der Waals surface area contributed by atoms with E-state index in [0.717, 1.165) is 28.9 Å². The van der Waals surface area contributed by atoms with Gasteiger partial charge in [0.2, 0.25) is 0 Å². The lowest BCUT2D eigenvalue weighted by molar-refractivity contribution is -0.117. The van der Waals surface area contributed by atoms with Crippen LogP contribution in [0.25, 0.3) is 6.08 Å². The molecule has 0 saturated heterocycles. The van der Waals surface area contributed by atoms with Crippen LogP contribution in [0, 0.1) is 5.92 Å². The van der Waals surface area contributed by atoms with Crippen LogP contribution >= 0.6 is 0 Å². The number of Topliss-reactive ketones (excluding diaryl/α,β-unsaturated/α-hetero) is 1. The first kappa shape index (κ1) is 13.3. The zero-order valence-electron chi connectivity index (χ0n) is 12.4. The van der Waals surface area contributed by atoms with Crippen molar-refractivity contribution in [2.75, 3.05) is 6.61 Å². The van der Waals surface area contributed by atoms with Crippen molar-refractivity contribution in [2.24, 2.45) is 5.92 Å². The van der Waals surface area contributed by atoms with Gasteiger partial charge in [0.25, 0.3) is 0 Å². The number of benzene rings is 2. The standard InChI is InChI=1S/C20H18O2/c21-18-11-10-15-13-22-19-9-5-4-8-16(19)20(15)17(18)12-14-6-2-1-3-7-14/h1-9,12,15,20H,10-11,13H2/t15-,20-/m0/s1. The molecule has 2 aliphatic rings. The van der Waals surface area contributed by atoms with Crippen LogP contribution in [0.1, 0.15) is 29.9 Å². The molecule has 1 fully saturated rings. The molecule has 0 N–H and O–H groups in total. The van der Waals surface area contributed by atoms with Crippen molar-refractivity contribution in [3.8, 4) is 5.75 Å². The van der Waals surface area contributed by atoms with E-state index in [1.807, 2.05) is 36.4 Å². The fraction of sp³-hybridized carbons (Fsp3) is 0.250. The third-order valence-corrected chi connectivity index (χ3v) is 4.70. The van der Waals surface area contributed by atoms with Crippen molar-refractivity contribution >= 4 is 11.9 Å². The van der Waals surface area contributed by atoms with Crippen LogP contribution < -0.4 is 4.74 Å². The molecule has 0 radical (unpaired) electrons. The molecular formula is C20H18O2. The zero-order valence-corrected chi connectivity index (χ0v) is 12.4. The monoisotopic (exact) mass is 290 g/mol. The Morgan fingerprint density at radius 2 is 1.77 bits per heavy atom. The molecule has 2 nitrogen and oxygen atoms in total. The Bertz CT molecular complexity index is 730. The highest BCUT2D eigenvalue weighted by molar-refractivity contribution is 6.02. The van der Waals surface area contributed by atoms with Crippen molar-refractivity contribution < 1.29 is 9.53 Å². The first-order valence-corrected chi connectivity index (χ1v) is 7.84. The Labute approximate surface area is 130 Å². The van der Waals surface area contributed by atoms with E-state index in [1.54, 1.807) is 0 Å². The Hall–Kier alpha value is -2.35. The number of carbonyl (C=O) groups excluding carboxylic acids is 1. The number of ether oxygens (including phenoxy) is 1. The van der Waals surface area contributed by atoms with E-state index in [4.69, 9.17) is 4.74 Å². The van der Waals surface area contributed by atoms with Gasteiger partial charge in [0, 0.05) is 29.4 Å². The van der Waals surface area contributed by atoms with Crippen LogP contribution in [-0.4, -0.2) is 12.4 Å². The highest BCUT2D eigenvalue weighted by Gasteiger charge is 2.39. The number of para-hydroxylation sites is 1. The van der Waals surface area contributed by atoms with Crippen LogP contribution in [0.5, 0.6) is 5.75 Å². The van der Waals surface area contributed by atoms with E-state index < -0.39 is 0 Å². The fourth-order valence-electron chi connectivity index (χ4n) is 3.62. The second-order valence-electron chi connectivity index (χ2n) is 6.06. The lowest BCUT2D eigenvalue weighted by Crippen LogP contribution is -2.33. The lowest BCUT2D eigenvalue weighted by atomic mass is 9.70. The van der Waals surface area contributed by atoms with Crippen molar-refractivity contribution in [3.63, 3.8) is 0 Å². The van der Waals surface area contributed by atoms with E-state index in [-0.39, 0.29) is 11.7 Å². The molecule has 1 aliphatic heterocycles. The minimum atomic E-state index is 0.173. The number of hydrogen-bond donors (Lipinski definition) is 0. The maximum Gasteiger partial charge on any atom is 0.159 e. The Balaban J connectivity index is 1.83. The van der Waals surface area contributed by atoms with Gasteiger partial charge in [-0.05, 0) is 24.1 Å². The predicted octanol–water partition coefficient (Wildman–Crippen LogP) is 4.23. The zero-order chi connectivity index (χ0) is 14.9. The molecule has 2 heteroatoms. The lowest BCUT2D eigenvalue weighted by Gasteiger charge is -2.38. The topological polar surface area (TPSA) is 26.3 Å². The summed E-state index contributed by atoms with van der Waals surface area (Å²) >= 11 is 0. The maximum atomic E-state index is 12.6. The van der Waals surface area contributed by atoms with Crippen molar-refractivity contribution in [1.29, 1.82) is 0 Å². The summed E-state index contributed by atoms with van der Waals surface area (Å²) < 4.78 is 5.89. The summed E-state index contributed by atoms with van der Waals surface area (Å²) in [6, 6.07) is 18.2. The molecule has 2 atom stereocenters. The van der Waals surface area contributed by atoms with Gasteiger partial charge in [-0.25, -0.2) is 0 Å². The Morgan fingerprint density at radius 1 is 1.00 bits per heavy atom. The van der Waals surface area contributed by atoms with E-state index in [0.29, 0.717) is 18.9 Å². The summed E-state index contributed by atoms with van der Waals surface area (Å²) in [6.07, 6.45) is 3.62. The number of fused-ring (bicyclic) bond motifs is 3. The summed E-state index contributed by atoms with van der Waals surface area (Å²) in [5, 5.41) is 0. The summed E-state index contributed by atoms with van der Waals surface area (Å²) in [7, 11) is 0. The average Bonchev–Trinajstić information content (AvgIpc) is 2.58. The molecular weight excluding hydrogens is 272 g/mol. The van der Waals surface area contributed by atoms with Crippen molar-refractivity contribution in [3.05, 3.63) is 71.3 Å². The summed E-state index contributed by atoms with van der Waals surface area (Å²) in [5.41, 5.74) is 3.20. The molecule has 0 bridgehead atoms. The summed E-state index contributed by atoms with van der Waals surface area (Å²) in [4.78, 5) is 12.6. The van der Waals surface area contributed by atoms with Gasteiger partial charge < -0.3 is 4.74 Å². The van der Waals surface area contributed by atoms with Gasteiger partial charge in [-0.2, -0.15) is 0 Å². The maximum absolute atomic E-state index is 12.6. The SMILES string of the molecule is O=C1CC[C@H]2COc3ccccc3[C@H]2C1=Cc1ccccc1. The molecule has 0 spiro atoms. The van der Waals surface area contributed by atoms with Crippen molar-refractivity contribution in [2.45, 2.75) is 18.8 Å². The van der Waals surface area contributed by atoms with Gasteiger partial charge in [0.05, 0.1) is 6.61 Å². The first-order valence-electron chi connectivity index (χ1n) is 7.84. The van der Waals surface area contributed by atoms with Crippen LogP contribution in [0.3, 0.4) is 0 Å². The number of allylic oxidation sites excluding steroid dienone is 1. The van der Waals surface area contributed by atoms with Crippen LogP contribution in [0.15, 0.2) is 60.2 Å². The molecule has 1 aliphatic carbocycles. The van der Waals surface area contributed by atoms with E-state index in [2.05, 4.69) is 24.3 Å². The minimum Gasteiger partial charge on any atom is -0.493 e. The second-order valence-corrected chi connectivity index (χ2v) is 6.06.